The van der Waals surface area contributed by atoms with Crippen molar-refractivity contribution < 1.29 is 40.2 Å². The van der Waals surface area contributed by atoms with Gasteiger partial charge in [-0.1, -0.05) is 12.1 Å². The molecule has 1 fully saturated rings. The van der Waals surface area contributed by atoms with E-state index < -0.39 is 28.1 Å². The average Bonchev–Trinajstić information content (AvgIpc) is 2.72. The van der Waals surface area contributed by atoms with Gasteiger partial charge in [0.15, 0.2) is 10.9 Å². The summed E-state index contributed by atoms with van der Waals surface area (Å²) in [5.74, 6) is -1.25. The number of carbonyl (C=O) groups is 1. The van der Waals surface area contributed by atoms with E-state index in [1.165, 1.54) is 17.0 Å². The number of benzene rings is 2. The Hall–Kier alpha value is -2.74. The van der Waals surface area contributed by atoms with E-state index in [2.05, 4.69) is 4.74 Å². The quantitative estimate of drug-likeness (QED) is 0.240. The number of anilines is 2. The van der Waals surface area contributed by atoms with E-state index in [-0.39, 0.29) is 21.3 Å². The number of rotatable bonds is 7. The van der Waals surface area contributed by atoms with Crippen LogP contribution >= 0.6 is 12.2 Å². The van der Waals surface area contributed by atoms with Crippen LogP contribution in [-0.2, 0) is 10.1 Å². The number of alkyl halides is 3. The number of hydrogen-bond acceptors (Lipinski definition) is 5. The first-order valence-electron chi connectivity index (χ1n) is 10.5. The summed E-state index contributed by atoms with van der Waals surface area (Å²) in [6, 6.07) is 11.5. The van der Waals surface area contributed by atoms with Gasteiger partial charge in [-0.05, 0) is 48.6 Å². The minimum Gasteiger partial charge on any atom is -0.406 e. The summed E-state index contributed by atoms with van der Waals surface area (Å²) in [6.45, 7) is 0.836. The number of ketones is 1. The number of carbonyl (C=O) groups excluding carboxylic acids is 1. The van der Waals surface area contributed by atoms with Crippen LogP contribution in [0.3, 0.4) is 0 Å². The Morgan fingerprint density at radius 3 is 2.29 bits per heavy atom. The van der Waals surface area contributed by atoms with Crippen molar-refractivity contribution in [3.8, 4) is 5.75 Å². The van der Waals surface area contributed by atoms with Gasteiger partial charge in [0, 0.05) is 35.7 Å². The molecule has 0 aromatic heterocycles. The van der Waals surface area contributed by atoms with E-state index in [9.17, 15) is 30.9 Å². The largest absolute Gasteiger partial charge is 0.573 e. The Bertz CT molecular complexity index is 1200. The standard InChI is InChI=1S/C22H24F3N3O5S2/c1-28(14-35(30,31)32)11-9-15(10-12-28)20(29)16-3-2-4-18(13-16)27(21(26)34)17-5-7-19(8-6-17)33-22(23,24)25/h2-8,13,15H,9-12,14H2,1H3,(H2-,26,30,31,32,34)/p+1. The number of piperidine rings is 1. The van der Waals surface area contributed by atoms with E-state index >= 15 is 0 Å². The van der Waals surface area contributed by atoms with Crippen LogP contribution < -0.4 is 15.4 Å². The van der Waals surface area contributed by atoms with Gasteiger partial charge in [0.2, 0.25) is 5.88 Å². The topological polar surface area (TPSA) is 110 Å². The molecule has 8 nitrogen and oxygen atoms in total. The molecule has 1 aliphatic rings. The zero-order valence-electron chi connectivity index (χ0n) is 18.7. The molecule has 1 heterocycles. The highest BCUT2D eigenvalue weighted by Gasteiger charge is 2.36. The van der Waals surface area contributed by atoms with Crippen LogP contribution in [0.4, 0.5) is 24.5 Å². The van der Waals surface area contributed by atoms with Crippen LogP contribution in [-0.4, -0.2) is 60.7 Å². The number of Topliss-reactive ketones (excluding diaryl/α,β-unsaturated/α-hetero) is 1. The third kappa shape index (κ3) is 7.37. The number of hydrogen-bond donors (Lipinski definition) is 2. The summed E-state index contributed by atoms with van der Waals surface area (Å²) in [6.07, 6.45) is -3.91. The molecule has 0 radical (unpaired) electrons. The summed E-state index contributed by atoms with van der Waals surface area (Å²) >= 11 is 5.14. The molecule has 0 amide bonds. The summed E-state index contributed by atoms with van der Waals surface area (Å²) in [4.78, 5) is 14.6. The molecule has 190 valence electrons. The molecule has 0 atom stereocenters. The third-order valence-corrected chi connectivity index (χ3v) is 6.95. The number of halogens is 3. The highest BCUT2D eigenvalue weighted by atomic mass is 32.2. The van der Waals surface area contributed by atoms with Gasteiger partial charge in [-0.3, -0.25) is 14.2 Å². The normalized spacial score (nSPS) is 20.8. The minimum atomic E-state index is -4.82. The maximum Gasteiger partial charge on any atom is 0.573 e. The fraction of sp³-hybridized carbons (Fsp3) is 0.364. The Kier molecular flexibility index (Phi) is 7.74. The van der Waals surface area contributed by atoms with Crippen molar-refractivity contribution in [2.75, 3.05) is 30.9 Å². The van der Waals surface area contributed by atoms with Gasteiger partial charge in [-0.25, -0.2) is 0 Å². The molecule has 0 bridgehead atoms. The van der Waals surface area contributed by atoms with E-state index in [0.29, 0.717) is 42.9 Å². The molecule has 2 aromatic rings. The maximum absolute atomic E-state index is 13.2. The van der Waals surface area contributed by atoms with Crippen LogP contribution in [0, 0.1) is 5.92 Å². The zero-order chi connectivity index (χ0) is 26.0. The fourth-order valence-electron chi connectivity index (χ4n) is 4.21. The first-order chi connectivity index (χ1) is 16.2. The van der Waals surface area contributed by atoms with Crippen LogP contribution in [0.15, 0.2) is 48.5 Å². The second-order valence-corrected chi connectivity index (χ2v) is 10.5. The Balaban J connectivity index is 1.78. The van der Waals surface area contributed by atoms with Crippen molar-refractivity contribution in [3.63, 3.8) is 0 Å². The molecule has 3 rings (SSSR count). The molecule has 1 saturated heterocycles. The highest BCUT2D eigenvalue weighted by molar-refractivity contribution is 7.85. The SMILES string of the molecule is C[N+]1(CS(=O)(=O)O)CCC(C(=O)c2cccc(N(C(N)=S)c3ccc(OC(F)(F)F)cc3)c2)CC1. The third-order valence-electron chi connectivity index (χ3n) is 5.82. The van der Waals surface area contributed by atoms with E-state index in [4.69, 9.17) is 18.0 Å². The van der Waals surface area contributed by atoms with E-state index in [1.807, 2.05) is 0 Å². The Morgan fingerprint density at radius 1 is 1.17 bits per heavy atom. The number of quaternary nitrogens is 1. The molecular weight excluding hydrogens is 507 g/mol. The first kappa shape index (κ1) is 26.9. The lowest BCUT2D eigenvalue weighted by Crippen LogP contribution is -2.53. The second-order valence-electron chi connectivity index (χ2n) is 8.68. The second kappa shape index (κ2) is 10.1. The molecule has 0 spiro atoms. The molecule has 0 aliphatic carbocycles. The lowest BCUT2D eigenvalue weighted by atomic mass is 9.88. The lowest BCUT2D eigenvalue weighted by Gasteiger charge is -2.39. The monoisotopic (exact) mass is 532 g/mol. The zero-order valence-corrected chi connectivity index (χ0v) is 20.4. The van der Waals surface area contributed by atoms with Gasteiger partial charge in [-0.2, -0.15) is 8.42 Å². The van der Waals surface area contributed by atoms with Crippen LogP contribution in [0.1, 0.15) is 23.2 Å². The van der Waals surface area contributed by atoms with Gasteiger partial charge in [0.1, 0.15) is 5.75 Å². The van der Waals surface area contributed by atoms with Gasteiger partial charge in [0.05, 0.1) is 20.1 Å². The Labute approximate surface area is 206 Å². The number of likely N-dealkylation sites (tertiary alicyclic amines) is 1. The summed E-state index contributed by atoms with van der Waals surface area (Å²) in [5, 5.41) is -0.0740. The van der Waals surface area contributed by atoms with Crippen molar-refractivity contribution in [1.82, 2.24) is 0 Å². The van der Waals surface area contributed by atoms with Crippen molar-refractivity contribution in [1.29, 1.82) is 0 Å². The molecule has 13 heteroatoms. The molecule has 0 saturated carbocycles. The van der Waals surface area contributed by atoms with Crippen LogP contribution in [0.25, 0.3) is 0 Å². The molecule has 0 unspecified atom stereocenters. The molecule has 35 heavy (non-hydrogen) atoms. The first-order valence-corrected chi connectivity index (χ1v) is 12.6. The van der Waals surface area contributed by atoms with Gasteiger partial charge in [0.25, 0.3) is 0 Å². The number of ether oxygens (including phenoxy) is 1. The van der Waals surface area contributed by atoms with Gasteiger partial charge >= 0.3 is 16.5 Å². The summed E-state index contributed by atoms with van der Waals surface area (Å²) in [5.41, 5.74) is 7.12. The van der Waals surface area contributed by atoms with Crippen molar-refractivity contribution in [2.24, 2.45) is 11.7 Å². The van der Waals surface area contributed by atoms with Crippen LogP contribution in [0.5, 0.6) is 5.75 Å². The Morgan fingerprint density at radius 2 is 1.77 bits per heavy atom. The number of thiocarbonyl (C=S) groups is 1. The molecular formula is C22H25F3N3O5S2+. The smallest absolute Gasteiger partial charge is 0.406 e. The van der Waals surface area contributed by atoms with Gasteiger partial charge < -0.3 is 15.0 Å². The highest BCUT2D eigenvalue weighted by Crippen LogP contribution is 2.31. The van der Waals surface area contributed by atoms with Gasteiger partial charge in [-0.15, -0.1) is 13.2 Å². The van der Waals surface area contributed by atoms with Crippen molar-refractivity contribution in [3.05, 3.63) is 54.1 Å². The molecule has 1 aliphatic heterocycles. The number of nitrogens with zero attached hydrogens (tertiary/aromatic N) is 2. The summed E-state index contributed by atoms with van der Waals surface area (Å²) in [7, 11) is -2.42. The molecule has 2 aromatic carbocycles. The lowest BCUT2D eigenvalue weighted by molar-refractivity contribution is -0.903. The van der Waals surface area contributed by atoms with E-state index in [0.717, 1.165) is 12.1 Å². The maximum atomic E-state index is 13.2. The van der Waals surface area contributed by atoms with Crippen molar-refractivity contribution >= 4 is 44.6 Å². The van der Waals surface area contributed by atoms with E-state index in [1.54, 1.807) is 31.3 Å². The number of nitrogens with two attached hydrogens (primary N) is 1. The van der Waals surface area contributed by atoms with Crippen molar-refractivity contribution in [2.45, 2.75) is 19.2 Å². The predicted octanol–water partition coefficient (Wildman–Crippen LogP) is 3.85. The predicted molar refractivity (Wildman–Crippen MR) is 128 cm³/mol. The minimum absolute atomic E-state index is 0.0740. The van der Waals surface area contributed by atoms with Crippen LogP contribution in [0.2, 0.25) is 0 Å². The average molecular weight is 533 g/mol. The molecule has 3 N–H and O–H groups in total. The summed E-state index contributed by atoms with van der Waals surface area (Å²) < 4.78 is 73.1. The fourth-order valence-corrected chi connectivity index (χ4v) is 5.47.